The Morgan fingerprint density at radius 3 is 2.65 bits per heavy atom. The van der Waals surface area contributed by atoms with Crippen molar-refractivity contribution in [3.8, 4) is 5.75 Å². The summed E-state index contributed by atoms with van der Waals surface area (Å²) in [6.45, 7) is 4.75. The van der Waals surface area contributed by atoms with Crippen molar-refractivity contribution in [3.05, 3.63) is 29.8 Å². The minimum absolute atomic E-state index is 0.0901. The van der Waals surface area contributed by atoms with Crippen molar-refractivity contribution in [1.29, 1.82) is 0 Å². The van der Waals surface area contributed by atoms with Crippen LogP contribution in [0.1, 0.15) is 12.0 Å². The molecule has 1 saturated heterocycles. The Bertz CT molecular complexity index is 414. The van der Waals surface area contributed by atoms with E-state index in [9.17, 15) is 4.79 Å². The van der Waals surface area contributed by atoms with E-state index >= 15 is 0 Å². The van der Waals surface area contributed by atoms with E-state index in [0.29, 0.717) is 13.0 Å². The number of nitrogens with zero attached hydrogens (tertiary/aromatic N) is 1. The van der Waals surface area contributed by atoms with Gasteiger partial charge in [-0.2, -0.15) is 0 Å². The number of ether oxygens (including phenoxy) is 2. The van der Waals surface area contributed by atoms with Crippen molar-refractivity contribution >= 4 is 5.91 Å². The average Bonchev–Trinajstić information content (AvgIpc) is 2.52. The summed E-state index contributed by atoms with van der Waals surface area (Å²) >= 11 is 0. The van der Waals surface area contributed by atoms with Gasteiger partial charge in [0.25, 0.3) is 0 Å². The Kier molecular flexibility index (Phi) is 5.83. The largest absolute Gasteiger partial charge is 0.497 e. The fraction of sp³-hybridized carbons (Fsp3) is 0.533. The van der Waals surface area contributed by atoms with Crippen LogP contribution >= 0.6 is 0 Å². The molecule has 0 saturated carbocycles. The highest BCUT2D eigenvalue weighted by Gasteiger charge is 2.11. The third kappa shape index (κ3) is 4.83. The zero-order valence-electron chi connectivity index (χ0n) is 11.9. The Balaban J connectivity index is 1.66. The summed E-state index contributed by atoms with van der Waals surface area (Å²) in [6.07, 6.45) is 0.538. The molecule has 1 N–H and O–H groups in total. The van der Waals surface area contributed by atoms with Crippen molar-refractivity contribution in [2.45, 2.75) is 13.0 Å². The van der Waals surface area contributed by atoms with Crippen molar-refractivity contribution in [2.75, 3.05) is 40.0 Å². The van der Waals surface area contributed by atoms with E-state index in [2.05, 4.69) is 10.2 Å². The first-order chi connectivity index (χ1) is 9.78. The lowest BCUT2D eigenvalue weighted by atomic mass is 10.2. The number of hydrogen-bond donors (Lipinski definition) is 1. The summed E-state index contributed by atoms with van der Waals surface area (Å²) in [5.74, 6) is 0.916. The number of methoxy groups -OCH3 is 1. The molecule has 0 atom stereocenters. The standard InChI is InChI=1S/C15H22N2O3/c1-19-14-4-2-13(3-5-14)12-16-15(18)6-7-17-8-10-20-11-9-17/h2-5H,6-12H2,1H3,(H,16,18). The molecule has 0 aliphatic carbocycles. The Morgan fingerprint density at radius 1 is 1.30 bits per heavy atom. The number of carbonyl (C=O) groups is 1. The summed E-state index contributed by atoms with van der Waals surface area (Å²) < 4.78 is 10.4. The molecule has 110 valence electrons. The normalized spacial score (nSPS) is 15.8. The predicted molar refractivity (Wildman–Crippen MR) is 76.7 cm³/mol. The highest BCUT2D eigenvalue weighted by Crippen LogP contribution is 2.10. The average molecular weight is 278 g/mol. The molecule has 5 nitrogen and oxygen atoms in total. The molecule has 1 aliphatic rings. The molecule has 2 rings (SSSR count). The highest BCUT2D eigenvalue weighted by molar-refractivity contribution is 5.76. The molecule has 1 amide bonds. The first-order valence-electron chi connectivity index (χ1n) is 6.97. The molecule has 0 unspecified atom stereocenters. The maximum atomic E-state index is 11.8. The molecule has 0 bridgehead atoms. The van der Waals surface area contributed by atoms with Gasteiger partial charge in [-0.1, -0.05) is 12.1 Å². The van der Waals surface area contributed by atoms with Gasteiger partial charge in [0.05, 0.1) is 20.3 Å². The molecule has 0 spiro atoms. The smallest absolute Gasteiger partial charge is 0.221 e. The van der Waals surface area contributed by atoms with Gasteiger partial charge in [-0.3, -0.25) is 9.69 Å². The number of carbonyl (C=O) groups excluding carboxylic acids is 1. The molecule has 5 heteroatoms. The van der Waals surface area contributed by atoms with Gasteiger partial charge in [0.1, 0.15) is 5.75 Å². The number of benzene rings is 1. The first kappa shape index (κ1) is 14.8. The summed E-state index contributed by atoms with van der Waals surface area (Å²) in [4.78, 5) is 14.0. The van der Waals surface area contributed by atoms with Gasteiger partial charge < -0.3 is 14.8 Å². The van der Waals surface area contributed by atoms with Crippen molar-refractivity contribution in [2.24, 2.45) is 0 Å². The van der Waals surface area contributed by atoms with E-state index in [1.807, 2.05) is 24.3 Å². The highest BCUT2D eigenvalue weighted by atomic mass is 16.5. The summed E-state index contributed by atoms with van der Waals surface area (Å²) in [5.41, 5.74) is 1.07. The van der Waals surface area contributed by atoms with Gasteiger partial charge in [-0.25, -0.2) is 0 Å². The second-order valence-electron chi connectivity index (χ2n) is 4.83. The zero-order chi connectivity index (χ0) is 14.2. The number of rotatable bonds is 6. The number of morpholine rings is 1. The second kappa shape index (κ2) is 7.87. The van der Waals surface area contributed by atoms with E-state index in [-0.39, 0.29) is 5.91 Å². The molecule has 1 heterocycles. The van der Waals surface area contributed by atoms with E-state index < -0.39 is 0 Å². The van der Waals surface area contributed by atoms with Crippen LogP contribution in [0.4, 0.5) is 0 Å². The lowest BCUT2D eigenvalue weighted by Gasteiger charge is -2.26. The third-order valence-corrected chi connectivity index (χ3v) is 3.41. The maximum absolute atomic E-state index is 11.8. The van der Waals surface area contributed by atoms with E-state index in [4.69, 9.17) is 9.47 Å². The minimum atomic E-state index is 0.0901. The molecular weight excluding hydrogens is 256 g/mol. The summed E-state index contributed by atoms with van der Waals surface area (Å²) in [5, 5.41) is 2.94. The molecule has 20 heavy (non-hydrogen) atoms. The van der Waals surface area contributed by atoms with Gasteiger partial charge in [-0.15, -0.1) is 0 Å². The van der Waals surface area contributed by atoms with Crippen LogP contribution < -0.4 is 10.1 Å². The van der Waals surface area contributed by atoms with Crippen molar-refractivity contribution in [3.63, 3.8) is 0 Å². The van der Waals surface area contributed by atoms with E-state index in [1.54, 1.807) is 7.11 Å². The topological polar surface area (TPSA) is 50.8 Å². The Morgan fingerprint density at radius 2 is 2.00 bits per heavy atom. The third-order valence-electron chi connectivity index (χ3n) is 3.41. The monoisotopic (exact) mass is 278 g/mol. The fourth-order valence-electron chi connectivity index (χ4n) is 2.12. The van der Waals surface area contributed by atoms with Crippen LogP contribution in [-0.4, -0.2) is 50.8 Å². The van der Waals surface area contributed by atoms with Crippen molar-refractivity contribution < 1.29 is 14.3 Å². The Hall–Kier alpha value is -1.59. The van der Waals surface area contributed by atoms with Crippen LogP contribution in [0, 0.1) is 0 Å². The molecule has 0 aromatic heterocycles. The fourth-order valence-corrected chi connectivity index (χ4v) is 2.12. The summed E-state index contributed by atoms with van der Waals surface area (Å²) in [7, 11) is 1.64. The quantitative estimate of drug-likeness (QED) is 0.844. The van der Waals surface area contributed by atoms with Crippen LogP contribution in [0.15, 0.2) is 24.3 Å². The van der Waals surface area contributed by atoms with E-state index in [1.165, 1.54) is 0 Å². The van der Waals surface area contributed by atoms with Crippen LogP contribution in [0.3, 0.4) is 0 Å². The molecule has 1 aromatic rings. The number of amides is 1. The van der Waals surface area contributed by atoms with Gasteiger partial charge >= 0.3 is 0 Å². The first-order valence-corrected chi connectivity index (χ1v) is 6.97. The van der Waals surface area contributed by atoms with Gasteiger partial charge in [0, 0.05) is 32.6 Å². The molecule has 1 aliphatic heterocycles. The zero-order valence-corrected chi connectivity index (χ0v) is 11.9. The SMILES string of the molecule is COc1ccc(CNC(=O)CCN2CCOCC2)cc1. The molecule has 0 radical (unpaired) electrons. The van der Waals surface area contributed by atoms with Crippen LogP contribution in [-0.2, 0) is 16.1 Å². The number of hydrogen-bond acceptors (Lipinski definition) is 4. The predicted octanol–water partition coefficient (Wildman–Crippen LogP) is 1.03. The van der Waals surface area contributed by atoms with E-state index in [0.717, 1.165) is 44.2 Å². The second-order valence-corrected chi connectivity index (χ2v) is 4.83. The van der Waals surface area contributed by atoms with Gasteiger partial charge in [-0.05, 0) is 17.7 Å². The summed E-state index contributed by atoms with van der Waals surface area (Å²) in [6, 6.07) is 7.71. The lowest BCUT2D eigenvalue weighted by molar-refractivity contribution is -0.121. The molecule has 1 fully saturated rings. The molecular formula is C15H22N2O3. The van der Waals surface area contributed by atoms with Gasteiger partial charge in [0.15, 0.2) is 0 Å². The number of nitrogens with one attached hydrogen (secondary N) is 1. The van der Waals surface area contributed by atoms with Crippen LogP contribution in [0.5, 0.6) is 5.75 Å². The van der Waals surface area contributed by atoms with Crippen LogP contribution in [0.2, 0.25) is 0 Å². The maximum Gasteiger partial charge on any atom is 0.221 e. The molecule has 1 aromatic carbocycles. The van der Waals surface area contributed by atoms with Crippen LogP contribution in [0.25, 0.3) is 0 Å². The van der Waals surface area contributed by atoms with Crippen molar-refractivity contribution in [1.82, 2.24) is 10.2 Å². The Labute approximate surface area is 119 Å². The lowest BCUT2D eigenvalue weighted by Crippen LogP contribution is -2.38. The van der Waals surface area contributed by atoms with Gasteiger partial charge in [0.2, 0.25) is 5.91 Å². The minimum Gasteiger partial charge on any atom is -0.497 e.